The number of aliphatic hydroxyl groups is 1. The van der Waals surface area contributed by atoms with Crippen molar-refractivity contribution in [3.05, 3.63) is 64.7 Å². The molecule has 1 unspecified atom stereocenters. The van der Waals surface area contributed by atoms with Gasteiger partial charge in [-0.3, -0.25) is 9.59 Å². The fourth-order valence-corrected chi connectivity index (χ4v) is 4.51. The molecule has 1 amide bonds. The Bertz CT molecular complexity index is 1100. The predicted molar refractivity (Wildman–Crippen MR) is 138 cm³/mol. The molecule has 6 nitrogen and oxygen atoms in total. The lowest BCUT2D eigenvalue weighted by Crippen LogP contribution is -2.30. The number of amides is 1. The van der Waals surface area contributed by atoms with E-state index in [4.69, 9.17) is 9.47 Å². The number of benzene rings is 2. The summed E-state index contributed by atoms with van der Waals surface area (Å²) in [5, 5.41) is 11.4. The van der Waals surface area contributed by atoms with Gasteiger partial charge in [-0.1, -0.05) is 45.7 Å². The van der Waals surface area contributed by atoms with E-state index in [1.807, 2.05) is 58.0 Å². The average molecular weight is 480 g/mol. The summed E-state index contributed by atoms with van der Waals surface area (Å²) in [6.07, 6.45) is 2.70. The Morgan fingerprint density at radius 1 is 1.06 bits per heavy atom. The number of carbonyl (C=O) groups is 2. The van der Waals surface area contributed by atoms with Gasteiger partial charge >= 0.3 is 0 Å². The van der Waals surface area contributed by atoms with Crippen LogP contribution in [-0.4, -0.2) is 41.5 Å². The fourth-order valence-electron chi connectivity index (χ4n) is 4.51. The minimum atomic E-state index is -0.688. The van der Waals surface area contributed by atoms with Crippen molar-refractivity contribution in [3.63, 3.8) is 0 Å². The van der Waals surface area contributed by atoms with E-state index in [1.165, 1.54) is 0 Å². The quantitative estimate of drug-likeness (QED) is 0.190. The molecule has 2 aromatic rings. The molecule has 3 rings (SSSR count). The molecule has 2 aromatic carbocycles. The van der Waals surface area contributed by atoms with E-state index in [-0.39, 0.29) is 23.4 Å². The molecule has 0 aliphatic carbocycles. The molecule has 1 N–H and O–H groups in total. The largest absolute Gasteiger partial charge is 0.507 e. The lowest BCUT2D eigenvalue weighted by Gasteiger charge is -2.26. The number of aliphatic hydroxyl groups excluding tert-OH is 1. The molecule has 188 valence electrons. The Labute approximate surface area is 208 Å². The van der Waals surface area contributed by atoms with Crippen molar-refractivity contribution in [1.82, 2.24) is 4.90 Å². The number of hydrogen-bond acceptors (Lipinski definition) is 5. The SMILES string of the molecule is CCCCCN1C(=O)C(=O)/C(=C(/O)c2ccc(OC)c(C(C)C)c2)C1c1cccc(OC(C)C)c1. The first-order chi connectivity index (χ1) is 16.7. The third-order valence-corrected chi connectivity index (χ3v) is 6.21. The van der Waals surface area contributed by atoms with E-state index in [1.54, 1.807) is 24.1 Å². The third kappa shape index (κ3) is 5.69. The molecular weight excluding hydrogens is 442 g/mol. The number of ketones is 1. The van der Waals surface area contributed by atoms with Crippen LogP contribution in [0.1, 0.15) is 82.5 Å². The van der Waals surface area contributed by atoms with Gasteiger partial charge in [-0.15, -0.1) is 0 Å². The normalized spacial score (nSPS) is 17.5. The summed E-state index contributed by atoms with van der Waals surface area (Å²) in [6, 6.07) is 12.1. The molecule has 0 spiro atoms. The molecule has 0 aromatic heterocycles. The summed E-state index contributed by atoms with van der Waals surface area (Å²) in [4.78, 5) is 28.0. The van der Waals surface area contributed by atoms with Gasteiger partial charge in [0, 0.05) is 12.1 Å². The lowest BCUT2D eigenvalue weighted by atomic mass is 9.93. The Balaban J connectivity index is 2.17. The highest BCUT2D eigenvalue weighted by Gasteiger charge is 2.46. The Morgan fingerprint density at radius 3 is 2.43 bits per heavy atom. The van der Waals surface area contributed by atoms with E-state index in [9.17, 15) is 14.7 Å². The summed E-state index contributed by atoms with van der Waals surface area (Å²) in [6.45, 7) is 10.5. The van der Waals surface area contributed by atoms with Crippen LogP contribution in [-0.2, 0) is 9.59 Å². The Morgan fingerprint density at radius 2 is 1.80 bits per heavy atom. The van der Waals surface area contributed by atoms with E-state index >= 15 is 0 Å². The maximum atomic E-state index is 13.3. The Hall–Kier alpha value is -3.28. The number of hydrogen-bond donors (Lipinski definition) is 1. The molecule has 0 saturated carbocycles. The number of methoxy groups -OCH3 is 1. The summed E-state index contributed by atoms with van der Waals surface area (Å²) in [5.74, 6) is 0.0947. The van der Waals surface area contributed by atoms with Gasteiger partial charge in [0.2, 0.25) is 0 Å². The molecule has 6 heteroatoms. The molecular formula is C29H37NO5. The van der Waals surface area contributed by atoms with Crippen LogP contribution in [0, 0.1) is 0 Å². The van der Waals surface area contributed by atoms with Crippen molar-refractivity contribution < 1.29 is 24.2 Å². The van der Waals surface area contributed by atoms with Crippen LogP contribution in [0.5, 0.6) is 11.5 Å². The summed E-state index contributed by atoms with van der Waals surface area (Å²) in [7, 11) is 1.61. The van der Waals surface area contributed by atoms with E-state index < -0.39 is 17.7 Å². The van der Waals surface area contributed by atoms with Crippen molar-refractivity contribution in [2.24, 2.45) is 0 Å². The van der Waals surface area contributed by atoms with Crippen LogP contribution in [0.25, 0.3) is 5.76 Å². The molecule has 1 fully saturated rings. The molecule has 1 heterocycles. The summed E-state index contributed by atoms with van der Waals surface area (Å²) >= 11 is 0. The summed E-state index contributed by atoms with van der Waals surface area (Å²) in [5.41, 5.74) is 2.24. The second kappa shape index (κ2) is 11.4. The van der Waals surface area contributed by atoms with E-state index in [2.05, 4.69) is 6.92 Å². The first kappa shape index (κ1) is 26.3. The second-order valence-corrected chi connectivity index (χ2v) is 9.55. The Kier molecular flexibility index (Phi) is 8.60. The highest BCUT2D eigenvalue weighted by molar-refractivity contribution is 6.46. The minimum Gasteiger partial charge on any atom is -0.507 e. The van der Waals surface area contributed by atoms with Crippen LogP contribution in [0.15, 0.2) is 48.0 Å². The van der Waals surface area contributed by atoms with Gasteiger partial charge < -0.3 is 19.5 Å². The summed E-state index contributed by atoms with van der Waals surface area (Å²) < 4.78 is 11.3. The fraction of sp³-hybridized carbons (Fsp3) is 0.448. The highest BCUT2D eigenvalue weighted by Crippen LogP contribution is 2.41. The standard InChI is InChI=1S/C29H37NO5/c1-7-8-9-15-30-26(20-11-10-12-22(16-20)35-19(4)5)25(28(32)29(30)33)27(31)21-13-14-24(34-6)23(17-21)18(2)3/h10-14,16-19,26,31H,7-9,15H2,1-6H3/b27-25+. The molecule has 1 saturated heterocycles. The zero-order chi connectivity index (χ0) is 25.7. The van der Waals surface area contributed by atoms with Crippen molar-refractivity contribution in [2.75, 3.05) is 13.7 Å². The molecule has 35 heavy (non-hydrogen) atoms. The molecule has 0 bridgehead atoms. The van der Waals surface area contributed by atoms with Gasteiger partial charge in [0.25, 0.3) is 11.7 Å². The van der Waals surface area contributed by atoms with Crippen LogP contribution in [0.3, 0.4) is 0 Å². The zero-order valence-corrected chi connectivity index (χ0v) is 21.6. The number of carbonyl (C=O) groups excluding carboxylic acids is 2. The van der Waals surface area contributed by atoms with Gasteiger partial charge in [-0.25, -0.2) is 0 Å². The van der Waals surface area contributed by atoms with Crippen LogP contribution >= 0.6 is 0 Å². The number of unbranched alkanes of at least 4 members (excludes halogenated alkanes) is 2. The molecule has 1 atom stereocenters. The van der Waals surface area contributed by atoms with Crippen molar-refractivity contribution in [2.45, 2.75) is 71.9 Å². The number of likely N-dealkylation sites (tertiary alicyclic amines) is 1. The number of nitrogens with zero attached hydrogens (tertiary/aromatic N) is 1. The van der Waals surface area contributed by atoms with Gasteiger partial charge in [0.15, 0.2) is 0 Å². The second-order valence-electron chi connectivity index (χ2n) is 9.55. The lowest BCUT2D eigenvalue weighted by molar-refractivity contribution is -0.139. The minimum absolute atomic E-state index is 0.0186. The first-order valence-corrected chi connectivity index (χ1v) is 12.4. The van der Waals surface area contributed by atoms with Gasteiger partial charge in [0.05, 0.1) is 24.8 Å². The molecule has 0 radical (unpaired) electrons. The van der Waals surface area contributed by atoms with Crippen LogP contribution in [0.2, 0.25) is 0 Å². The van der Waals surface area contributed by atoms with Crippen molar-refractivity contribution in [1.29, 1.82) is 0 Å². The number of rotatable bonds is 10. The smallest absolute Gasteiger partial charge is 0.295 e. The molecule has 1 aliphatic heterocycles. The van der Waals surface area contributed by atoms with Crippen LogP contribution in [0.4, 0.5) is 0 Å². The zero-order valence-electron chi connectivity index (χ0n) is 21.6. The topological polar surface area (TPSA) is 76.1 Å². The van der Waals surface area contributed by atoms with E-state index in [0.29, 0.717) is 23.6 Å². The predicted octanol–water partition coefficient (Wildman–Crippen LogP) is 6.22. The first-order valence-electron chi connectivity index (χ1n) is 12.4. The average Bonchev–Trinajstić information content (AvgIpc) is 3.08. The number of ether oxygens (including phenoxy) is 2. The third-order valence-electron chi connectivity index (χ3n) is 6.21. The maximum absolute atomic E-state index is 13.3. The van der Waals surface area contributed by atoms with Crippen molar-refractivity contribution >= 4 is 17.4 Å². The molecule has 1 aliphatic rings. The van der Waals surface area contributed by atoms with Crippen molar-refractivity contribution in [3.8, 4) is 11.5 Å². The maximum Gasteiger partial charge on any atom is 0.295 e. The van der Waals surface area contributed by atoms with E-state index in [0.717, 1.165) is 30.4 Å². The van der Waals surface area contributed by atoms with Gasteiger partial charge in [0.1, 0.15) is 17.3 Å². The monoisotopic (exact) mass is 479 g/mol. The van der Waals surface area contributed by atoms with Gasteiger partial charge in [-0.05, 0) is 67.6 Å². The highest BCUT2D eigenvalue weighted by atomic mass is 16.5. The number of Topliss-reactive ketones (excluding diaryl/α,β-unsaturated/α-hetero) is 1. The van der Waals surface area contributed by atoms with Gasteiger partial charge in [-0.2, -0.15) is 0 Å². The van der Waals surface area contributed by atoms with Crippen LogP contribution < -0.4 is 9.47 Å².